The molecule has 0 amide bonds. The third kappa shape index (κ3) is 5.81. The number of rotatable bonds is 9. The van der Waals surface area contributed by atoms with E-state index >= 15 is 0 Å². The van der Waals surface area contributed by atoms with Crippen LogP contribution in [0.25, 0.3) is 0 Å². The van der Waals surface area contributed by atoms with Crippen LogP contribution in [0.2, 0.25) is 5.02 Å². The minimum absolute atomic E-state index is 0.00774. The van der Waals surface area contributed by atoms with E-state index in [0.29, 0.717) is 28.4 Å². The molecule has 31 heavy (non-hydrogen) atoms. The number of halogens is 1. The Morgan fingerprint density at radius 3 is 2.26 bits per heavy atom. The number of hydrogen-bond donors (Lipinski definition) is 1. The Kier molecular flexibility index (Phi) is 7.25. The molecule has 7 heteroatoms. The van der Waals surface area contributed by atoms with Crippen LogP contribution in [0.3, 0.4) is 0 Å². The summed E-state index contributed by atoms with van der Waals surface area (Å²) in [5, 5.41) is 10.7. The molecule has 1 aromatic heterocycles. The average Bonchev–Trinajstić information content (AvgIpc) is 2.73. The Morgan fingerprint density at radius 1 is 1.06 bits per heavy atom. The topological polar surface area (TPSA) is 81.5 Å². The van der Waals surface area contributed by atoms with E-state index in [9.17, 15) is 9.90 Å². The average molecular weight is 441 g/mol. The summed E-state index contributed by atoms with van der Waals surface area (Å²) in [7, 11) is 0. The lowest BCUT2D eigenvalue weighted by Crippen LogP contribution is -2.49. The predicted octanol–water partition coefficient (Wildman–Crippen LogP) is 4.75. The molecule has 1 N–H and O–H groups in total. The fourth-order valence-electron chi connectivity index (χ4n) is 3.36. The lowest BCUT2D eigenvalue weighted by atomic mass is 9.89. The van der Waals surface area contributed by atoms with Crippen LogP contribution in [-0.4, -0.2) is 33.8 Å². The van der Waals surface area contributed by atoms with Crippen LogP contribution in [-0.2, 0) is 21.6 Å². The molecule has 0 unspecified atom stereocenters. The maximum atomic E-state index is 12.3. The van der Waals surface area contributed by atoms with Gasteiger partial charge in [0.2, 0.25) is 6.10 Å². The van der Waals surface area contributed by atoms with Crippen molar-refractivity contribution in [1.82, 2.24) is 9.97 Å². The monoisotopic (exact) mass is 440 g/mol. The molecule has 0 radical (unpaired) electrons. The van der Waals surface area contributed by atoms with Crippen LogP contribution in [0.15, 0.2) is 60.7 Å². The van der Waals surface area contributed by atoms with Gasteiger partial charge in [-0.1, -0.05) is 54.1 Å². The smallest absolute Gasteiger partial charge is 0.348 e. The fraction of sp³-hybridized carbons (Fsp3) is 0.292. The highest BCUT2D eigenvalue weighted by Crippen LogP contribution is 2.32. The summed E-state index contributed by atoms with van der Waals surface area (Å²) < 4.78 is 12.0. The number of carbonyl (C=O) groups is 1. The van der Waals surface area contributed by atoms with E-state index in [2.05, 4.69) is 9.97 Å². The molecule has 3 rings (SSSR count). The number of carboxylic acid groups (broad SMARTS) is 1. The third-order valence-corrected chi connectivity index (χ3v) is 5.21. The molecule has 0 saturated heterocycles. The van der Waals surface area contributed by atoms with Gasteiger partial charge in [0, 0.05) is 16.4 Å². The number of ether oxygens (including phenoxy) is 2. The maximum absolute atomic E-state index is 12.3. The van der Waals surface area contributed by atoms with Crippen LogP contribution in [0.4, 0.5) is 0 Å². The highest BCUT2D eigenvalue weighted by atomic mass is 35.5. The second kappa shape index (κ2) is 9.90. The van der Waals surface area contributed by atoms with Crippen LogP contribution in [0, 0.1) is 13.8 Å². The largest absolute Gasteiger partial charge is 0.478 e. The highest BCUT2D eigenvalue weighted by molar-refractivity contribution is 6.30. The zero-order valence-electron chi connectivity index (χ0n) is 17.7. The van der Waals surface area contributed by atoms with Crippen molar-refractivity contribution < 1.29 is 19.4 Å². The molecule has 0 bridgehead atoms. The molecule has 3 aromatic rings. The summed E-state index contributed by atoms with van der Waals surface area (Å²) >= 11 is 5.95. The molecule has 0 aliphatic heterocycles. The van der Waals surface area contributed by atoms with Gasteiger partial charge in [-0.2, -0.15) is 0 Å². The zero-order valence-corrected chi connectivity index (χ0v) is 18.5. The second-order valence-corrected chi connectivity index (χ2v) is 7.90. The van der Waals surface area contributed by atoms with Gasteiger partial charge in [0.05, 0.1) is 6.61 Å². The van der Waals surface area contributed by atoms with Crippen molar-refractivity contribution in [3.8, 4) is 6.01 Å². The summed E-state index contributed by atoms with van der Waals surface area (Å²) in [4.78, 5) is 20.8. The molecule has 0 aliphatic rings. The molecule has 2 aromatic carbocycles. The number of aliphatic carboxylic acids is 1. The molecule has 0 fully saturated rings. The Bertz CT molecular complexity index is 1010. The minimum Gasteiger partial charge on any atom is -0.478 e. The van der Waals surface area contributed by atoms with Gasteiger partial charge in [-0.05, 0) is 56.5 Å². The van der Waals surface area contributed by atoms with Gasteiger partial charge in [0.1, 0.15) is 5.60 Å². The second-order valence-electron chi connectivity index (χ2n) is 7.47. The summed E-state index contributed by atoms with van der Waals surface area (Å²) in [5.41, 5.74) is 1.82. The van der Waals surface area contributed by atoms with Crippen molar-refractivity contribution in [1.29, 1.82) is 0 Å². The quantitative estimate of drug-likeness (QED) is 0.517. The number of aryl methyl sites for hydroxylation is 2. The van der Waals surface area contributed by atoms with Crippen molar-refractivity contribution in [2.75, 3.05) is 6.61 Å². The van der Waals surface area contributed by atoms with E-state index in [0.717, 1.165) is 5.56 Å². The van der Waals surface area contributed by atoms with E-state index in [4.69, 9.17) is 21.1 Å². The van der Waals surface area contributed by atoms with Crippen molar-refractivity contribution in [3.63, 3.8) is 0 Å². The number of benzene rings is 2. The lowest BCUT2D eigenvalue weighted by Gasteiger charge is -2.35. The third-order valence-electron chi connectivity index (χ3n) is 4.96. The number of carboxylic acids is 1. The first-order valence-corrected chi connectivity index (χ1v) is 10.3. The molecular formula is C24H25ClN2O4. The van der Waals surface area contributed by atoms with Gasteiger partial charge < -0.3 is 14.6 Å². The Morgan fingerprint density at radius 2 is 1.68 bits per heavy atom. The normalized spacial score (nSPS) is 13.9. The summed E-state index contributed by atoms with van der Waals surface area (Å²) in [6, 6.07) is 18.4. The van der Waals surface area contributed by atoms with Gasteiger partial charge in [0.15, 0.2) is 0 Å². The summed E-state index contributed by atoms with van der Waals surface area (Å²) in [6.07, 6.45) is -0.771. The Hall–Kier alpha value is -2.96. The van der Waals surface area contributed by atoms with Gasteiger partial charge in [-0.15, -0.1) is 0 Å². The molecule has 1 heterocycles. The minimum atomic E-state index is -1.36. The first-order valence-electron chi connectivity index (χ1n) is 9.93. The van der Waals surface area contributed by atoms with Crippen molar-refractivity contribution >= 4 is 17.6 Å². The molecule has 0 spiro atoms. The van der Waals surface area contributed by atoms with Gasteiger partial charge in [-0.25, -0.2) is 14.8 Å². The van der Waals surface area contributed by atoms with E-state index in [1.54, 1.807) is 26.8 Å². The zero-order chi connectivity index (χ0) is 22.4. The number of aromatic nitrogens is 2. The SMILES string of the molecule is Cc1cc(C)nc(O[C@H](C(=O)O)[C@@](C)(OCCc2ccc(Cl)cc2)c2ccccc2)n1. The molecule has 6 nitrogen and oxygen atoms in total. The lowest BCUT2D eigenvalue weighted by molar-refractivity contribution is -0.168. The summed E-state index contributed by atoms with van der Waals surface area (Å²) in [5.74, 6) is -1.17. The predicted molar refractivity (Wildman–Crippen MR) is 118 cm³/mol. The van der Waals surface area contributed by atoms with Crippen LogP contribution in [0.5, 0.6) is 6.01 Å². The van der Waals surface area contributed by atoms with Gasteiger partial charge in [-0.3, -0.25) is 0 Å². The van der Waals surface area contributed by atoms with Crippen LogP contribution in [0.1, 0.15) is 29.4 Å². The first kappa shape index (κ1) is 22.7. The molecule has 162 valence electrons. The molecular weight excluding hydrogens is 416 g/mol. The standard InChI is InChI=1S/C24H25ClN2O4/c1-16-15-17(2)27-23(26-16)31-21(22(28)29)24(3,19-7-5-4-6-8-19)30-14-13-18-9-11-20(25)12-10-18/h4-12,15,21H,13-14H2,1-3H3,(H,28,29)/t21-,24+/m1/s1. The molecule has 2 atom stereocenters. The molecule has 0 saturated carbocycles. The highest BCUT2D eigenvalue weighted by Gasteiger charge is 2.44. The van der Waals surface area contributed by atoms with E-state index in [-0.39, 0.29) is 12.6 Å². The Labute approximate surface area is 186 Å². The van der Waals surface area contributed by atoms with Crippen LogP contribution < -0.4 is 4.74 Å². The maximum Gasteiger partial charge on any atom is 0.348 e. The van der Waals surface area contributed by atoms with E-state index < -0.39 is 17.7 Å². The first-order chi connectivity index (χ1) is 14.8. The van der Waals surface area contributed by atoms with Gasteiger partial charge in [0.25, 0.3) is 0 Å². The number of nitrogens with zero attached hydrogens (tertiary/aromatic N) is 2. The van der Waals surface area contributed by atoms with Crippen LogP contribution >= 0.6 is 11.6 Å². The van der Waals surface area contributed by atoms with E-state index in [1.165, 1.54) is 0 Å². The Balaban J connectivity index is 1.89. The van der Waals surface area contributed by atoms with Gasteiger partial charge >= 0.3 is 12.0 Å². The fourth-order valence-corrected chi connectivity index (χ4v) is 3.49. The van der Waals surface area contributed by atoms with Crippen molar-refractivity contribution in [2.45, 2.75) is 38.9 Å². The molecule has 0 aliphatic carbocycles. The summed E-state index contributed by atoms with van der Waals surface area (Å²) in [6.45, 7) is 5.60. The van der Waals surface area contributed by atoms with E-state index in [1.807, 2.05) is 54.6 Å². The van der Waals surface area contributed by atoms with Crippen molar-refractivity contribution in [3.05, 3.63) is 88.2 Å². The number of hydrogen-bond acceptors (Lipinski definition) is 5. The van der Waals surface area contributed by atoms with Crippen molar-refractivity contribution in [2.24, 2.45) is 0 Å².